The summed E-state index contributed by atoms with van der Waals surface area (Å²) in [5, 5.41) is 3.35. The van der Waals surface area contributed by atoms with E-state index < -0.39 is 10.0 Å². The Morgan fingerprint density at radius 1 is 1.17 bits per heavy atom. The molecular formula is C17H28N4O2S. The number of anilines is 1. The quantitative estimate of drug-likeness (QED) is 0.878. The first-order valence-electron chi connectivity index (χ1n) is 8.94. The maximum absolute atomic E-state index is 12.6. The minimum absolute atomic E-state index is 0.298. The van der Waals surface area contributed by atoms with Crippen molar-refractivity contribution >= 4 is 15.8 Å². The number of aromatic nitrogens is 1. The SMILES string of the molecule is CN1CCCC(CNc2ccc(S(=O)(=O)N3CCCCC3)cn2)C1. The molecule has 0 aliphatic carbocycles. The van der Waals surface area contributed by atoms with Crippen molar-refractivity contribution in [2.45, 2.75) is 37.0 Å². The summed E-state index contributed by atoms with van der Waals surface area (Å²) >= 11 is 0. The third kappa shape index (κ3) is 4.26. The van der Waals surface area contributed by atoms with E-state index in [9.17, 15) is 8.42 Å². The highest BCUT2D eigenvalue weighted by molar-refractivity contribution is 7.89. The van der Waals surface area contributed by atoms with E-state index in [0.29, 0.717) is 23.9 Å². The second kappa shape index (κ2) is 7.80. The molecule has 7 heteroatoms. The highest BCUT2D eigenvalue weighted by atomic mass is 32.2. The Morgan fingerprint density at radius 2 is 1.96 bits per heavy atom. The van der Waals surface area contributed by atoms with Crippen LogP contribution >= 0.6 is 0 Å². The predicted molar refractivity (Wildman–Crippen MR) is 95.6 cm³/mol. The molecule has 1 aromatic heterocycles. The molecule has 2 aliphatic heterocycles. The van der Waals surface area contributed by atoms with Crippen LogP contribution in [0.4, 0.5) is 5.82 Å². The normalized spacial score (nSPS) is 24.0. The van der Waals surface area contributed by atoms with Crippen LogP contribution in [0.25, 0.3) is 0 Å². The van der Waals surface area contributed by atoms with Crippen LogP contribution < -0.4 is 5.32 Å². The molecule has 0 aromatic carbocycles. The van der Waals surface area contributed by atoms with Crippen LogP contribution in [0.15, 0.2) is 23.2 Å². The standard InChI is InChI=1S/C17H28N4O2S/c1-20-9-5-6-15(14-20)12-18-17-8-7-16(13-19-17)24(22,23)21-10-3-2-4-11-21/h7-8,13,15H,2-6,9-12,14H2,1H3,(H,18,19). The Kier molecular flexibility index (Phi) is 5.73. The highest BCUT2D eigenvalue weighted by Gasteiger charge is 2.26. The maximum atomic E-state index is 12.6. The van der Waals surface area contributed by atoms with Crippen LogP contribution in [0.3, 0.4) is 0 Å². The number of hydrogen-bond donors (Lipinski definition) is 1. The van der Waals surface area contributed by atoms with Crippen molar-refractivity contribution in [2.75, 3.05) is 45.1 Å². The van der Waals surface area contributed by atoms with Gasteiger partial charge in [0.2, 0.25) is 10.0 Å². The van der Waals surface area contributed by atoms with E-state index in [0.717, 1.165) is 38.2 Å². The number of hydrogen-bond acceptors (Lipinski definition) is 5. The Morgan fingerprint density at radius 3 is 2.62 bits per heavy atom. The van der Waals surface area contributed by atoms with Crippen LogP contribution in [-0.4, -0.2) is 62.4 Å². The van der Waals surface area contributed by atoms with E-state index >= 15 is 0 Å². The van der Waals surface area contributed by atoms with E-state index in [2.05, 4.69) is 22.2 Å². The maximum Gasteiger partial charge on any atom is 0.244 e. The van der Waals surface area contributed by atoms with Gasteiger partial charge in [-0.05, 0) is 57.3 Å². The second-order valence-corrected chi connectivity index (χ2v) is 8.93. The zero-order chi connectivity index (χ0) is 17.0. The van der Waals surface area contributed by atoms with Crippen LogP contribution in [0.1, 0.15) is 32.1 Å². The third-order valence-corrected chi connectivity index (χ3v) is 6.87. The fourth-order valence-corrected chi connectivity index (χ4v) is 5.04. The average Bonchev–Trinajstić information content (AvgIpc) is 2.61. The van der Waals surface area contributed by atoms with Gasteiger partial charge in [0.05, 0.1) is 0 Å². The number of pyridine rings is 1. The molecule has 0 spiro atoms. The predicted octanol–water partition coefficient (Wildman–Crippen LogP) is 2.01. The van der Waals surface area contributed by atoms with Gasteiger partial charge in [-0.15, -0.1) is 0 Å². The van der Waals surface area contributed by atoms with Gasteiger partial charge in [-0.1, -0.05) is 6.42 Å². The Labute approximate surface area is 145 Å². The van der Waals surface area contributed by atoms with E-state index in [1.54, 1.807) is 16.4 Å². The Balaban J connectivity index is 1.58. The molecule has 1 unspecified atom stereocenters. The van der Waals surface area contributed by atoms with Gasteiger partial charge >= 0.3 is 0 Å². The molecule has 1 aromatic rings. The lowest BCUT2D eigenvalue weighted by molar-refractivity contribution is 0.217. The number of rotatable bonds is 5. The molecule has 6 nitrogen and oxygen atoms in total. The van der Waals surface area contributed by atoms with E-state index in [-0.39, 0.29) is 0 Å². The van der Waals surface area contributed by atoms with Gasteiger partial charge < -0.3 is 10.2 Å². The lowest BCUT2D eigenvalue weighted by Gasteiger charge is -2.29. The molecule has 2 saturated heterocycles. The minimum atomic E-state index is -3.39. The molecule has 24 heavy (non-hydrogen) atoms. The zero-order valence-electron chi connectivity index (χ0n) is 14.4. The minimum Gasteiger partial charge on any atom is -0.370 e. The van der Waals surface area contributed by atoms with Crippen molar-refractivity contribution in [3.8, 4) is 0 Å². The molecule has 3 heterocycles. The summed E-state index contributed by atoms with van der Waals surface area (Å²) in [5.74, 6) is 1.38. The van der Waals surface area contributed by atoms with Crippen molar-refractivity contribution in [1.82, 2.24) is 14.2 Å². The van der Waals surface area contributed by atoms with Crippen molar-refractivity contribution < 1.29 is 8.42 Å². The molecule has 0 amide bonds. The first-order valence-corrected chi connectivity index (χ1v) is 10.4. The van der Waals surface area contributed by atoms with Crippen LogP contribution in [-0.2, 0) is 10.0 Å². The fourth-order valence-electron chi connectivity index (χ4n) is 3.58. The third-order valence-electron chi connectivity index (χ3n) is 4.98. The first-order chi connectivity index (χ1) is 11.6. The summed E-state index contributed by atoms with van der Waals surface area (Å²) in [7, 11) is -1.23. The topological polar surface area (TPSA) is 65.5 Å². The smallest absolute Gasteiger partial charge is 0.244 e. The molecule has 1 N–H and O–H groups in total. The molecule has 3 rings (SSSR count). The number of piperidine rings is 2. The molecule has 0 saturated carbocycles. The van der Waals surface area contributed by atoms with Gasteiger partial charge in [0, 0.05) is 32.4 Å². The van der Waals surface area contributed by atoms with Crippen molar-refractivity contribution in [1.29, 1.82) is 0 Å². The van der Waals surface area contributed by atoms with Gasteiger partial charge in [0.15, 0.2) is 0 Å². The van der Waals surface area contributed by atoms with Crippen LogP contribution in [0.5, 0.6) is 0 Å². The van der Waals surface area contributed by atoms with E-state index in [4.69, 9.17) is 0 Å². The molecule has 0 radical (unpaired) electrons. The van der Waals surface area contributed by atoms with Crippen LogP contribution in [0.2, 0.25) is 0 Å². The lowest BCUT2D eigenvalue weighted by atomic mass is 9.98. The Bertz CT molecular complexity index is 626. The van der Waals surface area contributed by atoms with E-state index in [1.807, 2.05) is 0 Å². The molecule has 134 valence electrons. The van der Waals surface area contributed by atoms with Crippen molar-refractivity contribution in [2.24, 2.45) is 5.92 Å². The largest absolute Gasteiger partial charge is 0.370 e. The van der Waals surface area contributed by atoms with Gasteiger partial charge in [0.25, 0.3) is 0 Å². The number of nitrogens with zero attached hydrogens (tertiary/aromatic N) is 3. The fraction of sp³-hybridized carbons (Fsp3) is 0.706. The van der Waals surface area contributed by atoms with E-state index in [1.165, 1.54) is 25.6 Å². The van der Waals surface area contributed by atoms with Gasteiger partial charge in [0.1, 0.15) is 10.7 Å². The zero-order valence-corrected chi connectivity index (χ0v) is 15.3. The van der Waals surface area contributed by atoms with Crippen molar-refractivity contribution in [3.63, 3.8) is 0 Å². The summed E-state index contributed by atoms with van der Waals surface area (Å²) in [6.07, 6.45) is 6.97. The first kappa shape index (κ1) is 17.6. The summed E-state index contributed by atoms with van der Waals surface area (Å²) in [6.45, 7) is 4.41. The lowest BCUT2D eigenvalue weighted by Crippen LogP contribution is -2.36. The highest BCUT2D eigenvalue weighted by Crippen LogP contribution is 2.21. The number of nitrogens with one attached hydrogen (secondary N) is 1. The second-order valence-electron chi connectivity index (χ2n) is 7.00. The van der Waals surface area contributed by atoms with Crippen molar-refractivity contribution in [3.05, 3.63) is 18.3 Å². The Hall–Kier alpha value is -1.18. The summed E-state index contributed by atoms with van der Waals surface area (Å²) < 4.78 is 26.8. The average molecular weight is 353 g/mol. The molecular weight excluding hydrogens is 324 g/mol. The molecule has 2 fully saturated rings. The summed E-state index contributed by atoms with van der Waals surface area (Å²) in [6, 6.07) is 3.45. The molecule has 2 aliphatic rings. The number of sulfonamides is 1. The van der Waals surface area contributed by atoms with Crippen LogP contribution in [0, 0.1) is 5.92 Å². The number of likely N-dealkylation sites (tertiary alicyclic amines) is 1. The van der Waals surface area contributed by atoms with Gasteiger partial charge in [-0.3, -0.25) is 0 Å². The summed E-state index contributed by atoms with van der Waals surface area (Å²) in [4.78, 5) is 6.97. The molecule has 1 atom stereocenters. The van der Waals surface area contributed by atoms with Gasteiger partial charge in [-0.25, -0.2) is 13.4 Å². The summed E-state index contributed by atoms with van der Waals surface area (Å²) in [5.41, 5.74) is 0. The molecule has 0 bridgehead atoms. The monoisotopic (exact) mass is 352 g/mol. The van der Waals surface area contributed by atoms with Gasteiger partial charge in [-0.2, -0.15) is 4.31 Å².